The highest BCUT2D eigenvalue weighted by Crippen LogP contribution is 2.16. The third-order valence-electron chi connectivity index (χ3n) is 2.80. The summed E-state index contributed by atoms with van der Waals surface area (Å²) in [4.78, 5) is 0. The van der Waals surface area contributed by atoms with Gasteiger partial charge in [0, 0.05) is 6.54 Å². The maximum atomic E-state index is 13.1. The zero-order chi connectivity index (χ0) is 12.8. The van der Waals surface area contributed by atoms with Crippen LogP contribution >= 0.6 is 0 Å². The SMILES string of the molecule is Cc1cc(C(O)CNCCC(C)C)ccc1F. The molecular formula is C14H22FNO. The van der Waals surface area contributed by atoms with E-state index in [1.807, 2.05) is 0 Å². The van der Waals surface area contributed by atoms with Crippen LogP contribution in [0.5, 0.6) is 0 Å². The third kappa shape index (κ3) is 4.84. The van der Waals surface area contributed by atoms with Crippen molar-refractivity contribution in [1.82, 2.24) is 5.32 Å². The minimum atomic E-state index is -0.568. The summed E-state index contributed by atoms with van der Waals surface area (Å²) >= 11 is 0. The van der Waals surface area contributed by atoms with Gasteiger partial charge in [-0.15, -0.1) is 0 Å². The van der Waals surface area contributed by atoms with Gasteiger partial charge in [0.2, 0.25) is 0 Å². The van der Waals surface area contributed by atoms with Crippen molar-refractivity contribution in [2.45, 2.75) is 33.3 Å². The Labute approximate surface area is 103 Å². The van der Waals surface area contributed by atoms with Crippen LogP contribution in [0.2, 0.25) is 0 Å². The number of nitrogens with one attached hydrogen (secondary N) is 1. The van der Waals surface area contributed by atoms with E-state index in [0.717, 1.165) is 18.5 Å². The average molecular weight is 239 g/mol. The number of aliphatic hydroxyl groups is 1. The Balaban J connectivity index is 2.41. The molecule has 0 aliphatic heterocycles. The normalized spacial score (nSPS) is 13.1. The van der Waals surface area contributed by atoms with Crippen molar-refractivity contribution in [2.24, 2.45) is 5.92 Å². The summed E-state index contributed by atoms with van der Waals surface area (Å²) in [6, 6.07) is 4.74. The number of halogens is 1. The molecule has 96 valence electrons. The third-order valence-corrected chi connectivity index (χ3v) is 2.80. The molecule has 1 rings (SSSR count). The van der Waals surface area contributed by atoms with E-state index in [0.29, 0.717) is 18.0 Å². The highest BCUT2D eigenvalue weighted by Gasteiger charge is 2.08. The van der Waals surface area contributed by atoms with Crippen LogP contribution in [0.3, 0.4) is 0 Å². The quantitative estimate of drug-likeness (QED) is 0.748. The first-order valence-electron chi connectivity index (χ1n) is 6.15. The zero-order valence-electron chi connectivity index (χ0n) is 10.8. The summed E-state index contributed by atoms with van der Waals surface area (Å²) in [5.41, 5.74) is 1.34. The number of hydrogen-bond donors (Lipinski definition) is 2. The van der Waals surface area contributed by atoms with Crippen molar-refractivity contribution in [2.75, 3.05) is 13.1 Å². The summed E-state index contributed by atoms with van der Waals surface area (Å²) < 4.78 is 13.1. The molecule has 0 aromatic heterocycles. The van der Waals surface area contributed by atoms with Crippen molar-refractivity contribution in [3.63, 3.8) is 0 Å². The van der Waals surface area contributed by atoms with Gasteiger partial charge >= 0.3 is 0 Å². The molecule has 0 saturated carbocycles. The summed E-state index contributed by atoms with van der Waals surface area (Å²) in [5, 5.41) is 13.1. The Morgan fingerprint density at radius 3 is 2.65 bits per heavy atom. The number of aryl methyl sites for hydroxylation is 1. The highest BCUT2D eigenvalue weighted by atomic mass is 19.1. The van der Waals surface area contributed by atoms with E-state index in [9.17, 15) is 9.50 Å². The molecular weight excluding hydrogens is 217 g/mol. The maximum Gasteiger partial charge on any atom is 0.126 e. The second-order valence-corrected chi connectivity index (χ2v) is 4.91. The van der Waals surface area contributed by atoms with E-state index in [1.54, 1.807) is 19.1 Å². The van der Waals surface area contributed by atoms with Crippen molar-refractivity contribution < 1.29 is 9.50 Å². The van der Waals surface area contributed by atoms with Crippen LogP contribution in [0.15, 0.2) is 18.2 Å². The van der Waals surface area contributed by atoms with Gasteiger partial charge in [-0.3, -0.25) is 0 Å². The van der Waals surface area contributed by atoms with Gasteiger partial charge in [-0.05, 0) is 43.0 Å². The fraction of sp³-hybridized carbons (Fsp3) is 0.571. The minimum absolute atomic E-state index is 0.228. The molecule has 2 nitrogen and oxygen atoms in total. The Kier molecular flexibility index (Phi) is 5.59. The number of rotatable bonds is 6. The lowest BCUT2D eigenvalue weighted by Crippen LogP contribution is -2.23. The summed E-state index contributed by atoms with van der Waals surface area (Å²) in [5.74, 6) is 0.432. The molecule has 3 heteroatoms. The summed E-state index contributed by atoms with van der Waals surface area (Å²) in [7, 11) is 0. The molecule has 0 fully saturated rings. The van der Waals surface area contributed by atoms with E-state index >= 15 is 0 Å². The number of aliphatic hydroxyl groups excluding tert-OH is 1. The first-order chi connectivity index (χ1) is 8.00. The van der Waals surface area contributed by atoms with Crippen LogP contribution in [0, 0.1) is 18.7 Å². The largest absolute Gasteiger partial charge is 0.387 e. The van der Waals surface area contributed by atoms with Gasteiger partial charge in [-0.2, -0.15) is 0 Å². The standard InChI is InChI=1S/C14H22FNO/c1-10(2)6-7-16-9-14(17)12-4-5-13(15)11(3)8-12/h4-5,8,10,14,16-17H,6-7,9H2,1-3H3. The van der Waals surface area contributed by atoms with E-state index in [2.05, 4.69) is 19.2 Å². The van der Waals surface area contributed by atoms with Crippen molar-refractivity contribution in [3.8, 4) is 0 Å². The Morgan fingerprint density at radius 1 is 1.35 bits per heavy atom. The Bertz CT molecular complexity index is 352. The van der Waals surface area contributed by atoms with E-state index in [1.165, 1.54) is 6.07 Å². The van der Waals surface area contributed by atoms with Crippen LogP contribution in [0.25, 0.3) is 0 Å². The van der Waals surface area contributed by atoms with Crippen LogP contribution in [0.1, 0.15) is 37.5 Å². The van der Waals surface area contributed by atoms with Crippen LogP contribution in [-0.4, -0.2) is 18.2 Å². The molecule has 0 bridgehead atoms. The van der Waals surface area contributed by atoms with Crippen molar-refractivity contribution in [3.05, 3.63) is 35.1 Å². The zero-order valence-corrected chi connectivity index (χ0v) is 10.8. The van der Waals surface area contributed by atoms with Crippen molar-refractivity contribution in [1.29, 1.82) is 0 Å². The van der Waals surface area contributed by atoms with Gasteiger partial charge in [-0.25, -0.2) is 4.39 Å². The van der Waals surface area contributed by atoms with Gasteiger partial charge in [0.25, 0.3) is 0 Å². The molecule has 17 heavy (non-hydrogen) atoms. The molecule has 1 atom stereocenters. The lowest BCUT2D eigenvalue weighted by atomic mass is 10.1. The summed E-state index contributed by atoms with van der Waals surface area (Å²) in [6.45, 7) is 7.45. The molecule has 1 aromatic carbocycles. The molecule has 0 saturated heterocycles. The second kappa shape index (κ2) is 6.72. The lowest BCUT2D eigenvalue weighted by molar-refractivity contribution is 0.174. The Morgan fingerprint density at radius 2 is 2.06 bits per heavy atom. The molecule has 1 aromatic rings. The maximum absolute atomic E-state index is 13.1. The minimum Gasteiger partial charge on any atom is -0.387 e. The molecule has 1 unspecified atom stereocenters. The van der Waals surface area contributed by atoms with E-state index < -0.39 is 6.10 Å². The van der Waals surface area contributed by atoms with Gasteiger partial charge in [0.15, 0.2) is 0 Å². The molecule has 0 aliphatic rings. The molecule has 0 aliphatic carbocycles. The molecule has 0 spiro atoms. The monoisotopic (exact) mass is 239 g/mol. The number of hydrogen-bond acceptors (Lipinski definition) is 2. The molecule has 0 heterocycles. The average Bonchev–Trinajstić information content (AvgIpc) is 2.27. The fourth-order valence-electron chi connectivity index (χ4n) is 1.62. The summed E-state index contributed by atoms with van der Waals surface area (Å²) in [6.07, 6.45) is 0.524. The van der Waals surface area contributed by atoms with Gasteiger partial charge < -0.3 is 10.4 Å². The lowest BCUT2D eigenvalue weighted by Gasteiger charge is -2.13. The van der Waals surface area contributed by atoms with E-state index in [-0.39, 0.29) is 5.82 Å². The fourth-order valence-corrected chi connectivity index (χ4v) is 1.62. The molecule has 2 N–H and O–H groups in total. The highest BCUT2D eigenvalue weighted by molar-refractivity contribution is 5.25. The predicted molar refractivity (Wildman–Crippen MR) is 68.4 cm³/mol. The first kappa shape index (κ1) is 14.1. The van der Waals surface area contributed by atoms with Crippen LogP contribution in [-0.2, 0) is 0 Å². The van der Waals surface area contributed by atoms with Crippen molar-refractivity contribution >= 4 is 0 Å². The number of benzene rings is 1. The van der Waals surface area contributed by atoms with Gasteiger partial charge in [0.05, 0.1) is 6.10 Å². The smallest absolute Gasteiger partial charge is 0.126 e. The van der Waals surface area contributed by atoms with E-state index in [4.69, 9.17) is 0 Å². The predicted octanol–water partition coefficient (Wildman–Crippen LogP) is 2.80. The van der Waals surface area contributed by atoms with Crippen LogP contribution < -0.4 is 5.32 Å². The van der Waals surface area contributed by atoms with Gasteiger partial charge in [0.1, 0.15) is 5.82 Å². The first-order valence-corrected chi connectivity index (χ1v) is 6.15. The topological polar surface area (TPSA) is 32.3 Å². The van der Waals surface area contributed by atoms with Crippen LogP contribution in [0.4, 0.5) is 4.39 Å². The Hall–Kier alpha value is -0.930. The second-order valence-electron chi connectivity index (χ2n) is 4.91. The molecule has 0 radical (unpaired) electrons. The van der Waals surface area contributed by atoms with Gasteiger partial charge in [-0.1, -0.05) is 26.0 Å². The molecule has 0 amide bonds.